The van der Waals surface area contributed by atoms with Gasteiger partial charge >= 0.3 is 7.12 Å². The van der Waals surface area contributed by atoms with E-state index in [1.165, 1.54) is 37.7 Å². The van der Waals surface area contributed by atoms with E-state index in [-0.39, 0.29) is 11.8 Å². The van der Waals surface area contributed by atoms with Crippen LogP contribution in [0, 0.1) is 0 Å². The second-order valence-electron chi connectivity index (χ2n) is 8.73. The predicted molar refractivity (Wildman–Crippen MR) is 130 cm³/mol. The molecule has 4 nitrogen and oxygen atoms in total. The topological polar surface area (TPSA) is 69.6 Å². The van der Waals surface area contributed by atoms with Crippen molar-refractivity contribution in [1.29, 1.82) is 0 Å². The summed E-state index contributed by atoms with van der Waals surface area (Å²) in [5.74, 6) is 0.274. The highest BCUT2D eigenvalue weighted by Crippen LogP contribution is 2.33. The Balaban J connectivity index is 1.50. The maximum Gasteiger partial charge on any atom is 0.488 e. The highest BCUT2D eigenvalue weighted by Gasteiger charge is 2.22. The first-order chi connectivity index (χ1) is 15.6. The molecule has 5 heteroatoms. The molecule has 0 aromatic heterocycles. The zero-order valence-electron chi connectivity index (χ0n) is 18.3. The van der Waals surface area contributed by atoms with Crippen LogP contribution in [0.15, 0.2) is 78.9 Å². The average Bonchev–Trinajstić information content (AvgIpc) is 2.84. The maximum atomic E-state index is 13.2. The third-order valence-corrected chi connectivity index (χ3v) is 6.49. The highest BCUT2D eigenvalue weighted by atomic mass is 16.4. The van der Waals surface area contributed by atoms with Gasteiger partial charge in [0.15, 0.2) is 0 Å². The van der Waals surface area contributed by atoms with Gasteiger partial charge in [-0.1, -0.05) is 86.0 Å². The summed E-state index contributed by atoms with van der Waals surface area (Å²) in [6.45, 7) is 0. The van der Waals surface area contributed by atoms with Gasteiger partial charge < -0.3 is 15.4 Å². The summed E-state index contributed by atoms with van der Waals surface area (Å²) >= 11 is 0. The summed E-state index contributed by atoms with van der Waals surface area (Å²) in [5.41, 5.74) is 4.56. The number of anilines is 1. The summed E-state index contributed by atoms with van der Waals surface area (Å²) in [5, 5.41) is 21.5. The number of amides is 1. The van der Waals surface area contributed by atoms with E-state index in [9.17, 15) is 14.8 Å². The Morgan fingerprint density at radius 2 is 1.53 bits per heavy atom. The van der Waals surface area contributed by atoms with Crippen molar-refractivity contribution in [3.63, 3.8) is 0 Å². The molecule has 1 atom stereocenters. The second kappa shape index (κ2) is 10.6. The van der Waals surface area contributed by atoms with Gasteiger partial charge in [0.1, 0.15) is 0 Å². The van der Waals surface area contributed by atoms with Crippen LogP contribution in [0.4, 0.5) is 5.69 Å². The number of nitrogens with one attached hydrogen (secondary N) is 1. The summed E-state index contributed by atoms with van der Waals surface area (Å²) in [7, 11) is -1.52. The lowest BCUT2D eigenvalue weighted by Gasteiger charge is -2.22. The van der Waals surface area contributed by atoms with E-state index >= 15 is 0 Å². The Morgan fingerprint density at radius 3 is 2.16 bits per heavy atom. The number of benzene rings is 3. The molecule has 4 rings (SSSR count). The van der Waals surface area contributed by atoms with Crippen molar-refractivity contribution in [2.75, 3.05) is 5.32 Å². The standard InChI is InChI=1S/C27H30BNO3/c30-27(29-25-17-15-24(16-18-25)28(31)32)26(23-9-5-2-6-10-23)19-20-11-13-22(14-12-20)21-7-3-1-4-8-21/h2,5-6,9-18,21,26,31-32H,1,3-4,7-8,19H2,(H,29,30). The van der Waals surface area contributed by atoms with Gasteiger partial charge in [0.2, 0.25) is 5.91 Å². The number of rotatable bonds is 7. The fourth-order valence-corrected chi connectivity index (χ4v) is 4.61. The highest BCUT2D eigenvalue weighted by molar-refractivity contribution is 6.58. The molecule has 3 aromatic carbocycles. The van der Waals surface area contributed by atoms with E-state index in [1.807, 2.05) is 30.3 Å². The van der Waals surface area contributed by atoms with Crippen molar-refractivity contribution in [3.05, 3.63) is 95.6 Å². The summed E-state index contributed by atoms with van der Waals surface area (Å²) in [6, 6.07) is 25.3. The molecule has 0 radical (unpaired) electrons. The van der Waals surface area contributed by atoms with Gasteiger partial charge in [-0.2, -0.15) is 0 Å². The molecule has 1 aliphatic carbocycles. The molecule has 1 aliphatic rings. The quantitative estimate of drug-likeness (QED) is 0.491. The van der Waals surface area contributed by atoms with Gasteiger partial charge in [-0.05, 0) is 59.5 Å². The van der Waals surface area contributed by atoms with E-state index in [0.29, 0.717) is 23.5 Å². The minimum atomic E-state index is -1.52. The summed E-state index contributed by atoms with van der Waals surface area (Å²) in [6.07, 6.45) is 7.17. The first-order valence-corrected chi connectivity index (χ1v) is 11.5. The zero-order valence-corrected chi connectivity index (χ0v) is 18.3. The Bertz CT molecular complexity index is 997. The molecule has 1 fully saturated rings. The molecular weight excluding hydrogens is 397 g/mol. The van der Waals surface area contributed by atoms with Crippen LogP contribution in [0.2, 0.25) is 0 Å². The van der Waals surface area contributed by atoms with E-state index in [0.717, 1.165) is 11.1 Å². The lowest BCUT2D eigenvalue weighted by molar-refractivity contribution is -0.117. The van der Waals surface area contributed by atoms with Crippen LogP contribution in [0.3, 0.4) is 0 Å². The van der Waals surface area contributed by atoms with Crippen molar-refractivity contribution >= 4 is 24.2 Å². The maximum absolute atomic E-state index is 13.2. The third kappa shape index (κ3) is 5.67. The van der Waals surface area contributed by atoms with Gasteiger partial charge in [-0.3, -0.25) is 4.79 Å². The van der Waals surface area contributed by atoms with E-state index in [2.05, 4.69) is 29.6 Å². The van der Waals surface area contributed by atoms with E-state index < -0.39 is 7.12 Å². The molecule has 0 spiro atoms. The average molecular weight is 427 g/mol. The molecule has 3 N–H and O–H groups in total. The van der Waals surface area contributed by atoms with Crippen LogP contribution in [0.1, 0.15) is 60.6 Å². The lowest BCUT2D eigenvalue weighted by atomic mass is 9.80. The fraction of sp³-hybridized carbons (Fsp3) is 0.296. The zero-order chi connectivity index (χ0) is 22.3. The Labute approximate surface area is 190 Å². The Kier molecular flexibility index (Phi) is 7.41. The van der Waals surface area contributed by atoms with Crippen LogP contribution in [-0.2, 0) is 11.2 Å². The van der Waals surface area contributed by atoms with Crippen LogP contribution in [-0.4, -0.2) is 23.1 Å². The predicted octanol–water partition coefficient (Wildman–Crippen LogP) is 4.38. The molecule has 0 heterocycles. The lowest BCUT2D eigenvalue weighted by Crippen LogP contribution is -2.29. The SMILES string of the molecule is O=C(Nc1ccc(B(O)O)cc1)C(Cc1ccc(C2CCCCC2)cc1)c1ccccc1. The first kappa shape index (κ1) is 22.3. The number of hydrogen-bond acceptors (Lipinski definition) is 3. The van der Waals surface area contributed by atoms with Gasteiger partial charge in [0.25, 0.3) is 0 Å². The Morgan fingerprint density at radius 1 is 0.875 bits per heavy atom. The monoisotopic (exact) mass is 427 g/mol. The van der Waals surface area contributed by atoms with Gasteiger partial charge in [-0.25, -0.2) is 0 Å². The molecule has 0 aliphatic heterocycles. The van der Waals surface area contributed by atoms with Crippen molar-refractivity contribution in [1.82, 2.24) is 0 Å². The van der Waals surface area contributed by atoms with Gasteiger partial charge in [0.05, 0.1) is 5.92 Å². The van der Waals surface area contributed by atoms with E-state index in [4.69, 9.17) is 0 Å². The van der Waals surface area contributed by atoms with Crippen LogP contribution in [0.5, 0.6) is 0 Å². The van der Waals surface area contributed by atoms with Crippen LogP contribution >= 0.6 is 0 Å². The van der Waals surface area contributed by atoms with E-state index in [1.54, 1.807) is 24.3 Å². The molecule has 32 heavy (non-hydrogen) atoms. The van der Waals surface area contributed by atoms with Gasteiger partial charge in [0, 0.05) is 5.69 Å². The minimum absolute atomic E-state index is 0.0788. The van der Waals surface area contributed by atoms with Crippen LogP contribution in [0.25, 0.3) is 0 Å². The smallest absolute Gasteiger partial charge is 0.423 e. The minimum Gasteiger partial charge on any atom is -0.423 e. The number of carbonyl (C=O) groups excluding carboxylic acids is 1. The molecule has 3 aromatic rings. The largest absolute Gasteiger partial charge is 0.488 e. The molecule has 1 amide bonds. The van der Waals surface area contributed by atoms with Crippen molar-refractivity contribution in [2.24, 2.45) is 0 Å². The molecular formula is C27H30BNO3. The van der Waals surface area contributed by atoms with Crippen molar-refractivity contribution in [2.45, 2.75) is 50.4 Å². The normalized spacial score (nSPS) is 15.2. The molecule has 1 saturated carbocycles. The van der Waals surface area contributed by atoms with Gasteiger partial charge in [-0.15, -0.1) is 0 Å². The number of carbonyl (C=O) groups is 1. The third-order valence-electron chi connectivity index (χ3n) is 6.49. The summed E-state index contributed by atoms with van der Waals surface area (Å²) < 4.78 is 0. The molecule has 0 bridgehead atoms. The summed E-state index contributed by atoms with van der Waals surface area (Å²) in [4.78, 5) is 13.2. The van der Waals surface area contributed by atoms with Crippen molar-refractivity contribution in [3.8, 4) is 0 Å². The second-order valence-corrected chi connectivity index (χ2v) is 8.73. The molecule has 164 valence electrons. The molecule has 1 unspecified atom stereocenters. The molecule has 0 saturated heterocycles. The number of hydrogen-bond donors (Lipinski definition) is 3. The Hall–Kier alpha value is -2.89. The van der Waals surface area contributed by atoms with Crippen LogP contribution < -0.4 is 10.8 Å². The fourth-order valence-electron chi connectivity index (χ4n) is 4.61. The van der Waals surface area contributed by atoms with Crippen molar-refractivity contribution < 1.29 is 14.8 Å². The first-order valence-electron chi connectivity index (χ1n) is 11.5.